The minimum Gasteiger partial charge on any atom is -0.481 e. The molecule has 2 saturated heterocycles. The lowest BCUT2D eigenvalue weighted by atomic mass is 9.84. The Kier molecular flexibility index (Phi) is 14.6. The Labute approximate surface area is 230 Å². The highest BCUT2D eigenvalue weighted by molar-refractivity contribution is 5.66. The van der Waals surface area contributed by atoms with E-state index in [0.717, 1.165) is 83.7 Å². The molecule has 3 aliphatic rings. The van der Waals surface area contributed by atoms with E-state index in [0.29, 0.717) is 19.6 Å². The van der Waals surface area contributed by atoms with E-state index < -0.39 is 11.8 Å². The quantitative estimate of drug-likeness (QED) is 0.139. The lowest BCUT2D eigenvalue weighted by molar-refractivity contribution is -0.201. The summed E-state index contributed by atoms with van der Waals surface area (Å²) in [7, 11) is 0. The Morgan fingerprint density at radius 2 is 1.74 bits per heavy atom. The largest absolute Gasteiger partial charge is 0.481 e. The van der Waals surface area contributed by atoms with Gasteiger partial charge in [-0.2, -0.15) is 0 Å². The zero-order valence-corrected chi connectivity index (χ0v) is 23.8. The molecule has 1 saturated carbocycles. The summed E-state index contributed by atoms with van der Waals surface area (Å²) in [5.41, 5.74) is 0. The molecule has 0 aromatic rings. The van der Waals surface area contributed by atoms with Gasteiger partial charge < -0.3 is 29.2 Å². The third-order valence-electron chi connectivity index (χ3n) is 8.63. The van der Waals surface area contributed by atoms with Crippen LogP contribution < -0.4 is 0 Å². The molecule has 0 spiro atoms. The Morgan fingerprint density at radius 1 is 0.947 bits per heavy atom. The molecule has 7 heteroatoms. The molecule has 2 heterocycles. The topological polar surface area (TPSA) is 94.5 Å². The SMILES string of the molecule is CCCCCCCC1(CC[C@@H]2[C@@H](C/C=C\CCCCCC(=O)O)[C@@H](O)C[C@H]2OC2CCCCO2)OCCO1. The van der Waals surface area contributed by atoms with E-state index in [1.165, 1.54) is 25.7 Å². The third-order valence-corrected chi connectivity index (χ3v) is 8.63. The van der Waals surface area contributed by atoms with Crippen LogP contribution in [0.2, 0.25) is 0 Å². The van der Waals surface area contributed by atoms with E-state index in [1.54, 1.807) is 0 Å². The van der Waals surface area contributed by atoms with E-state index in [-0.39, 0.29) is 36.8 Å². The number of aliphatic hydroxyl groups is 1. The Balaban J connectivity index is 1.55. The maximum absolute atomic E-state index is 11.1. The number of aliphatic hydroxyl groups excluding tert-OH is 1. The summed E-state index contributed by atoms with van der Waals surface area (Å²) in [6, 6.07) is 0. The van der Waals surface area contributed by atoms with Crippen LogP contribution >= 0.6 is 0 Å². The summed E-state index contributed by atoms with van der Waals surface area (Å²) in [6.45, 7) is 4.32. The predicted molar refractivity (Wildman–Crippen MR) is 148 cm³/mol. The van der Waals surface area contributed by atoms with Gasteiger partial charge in [-0.25, -0.2) is 0 Å². The summed E-state index contributed by atoms with van der Waals surface area (Å²) >= 11 is 0. The van der Waals surface area contributed by atoms with Crippen molar-refractivity contribution in [2.45, 2.75) is 147 Å². The fourth-order valence-electron chi connectivity index (χ4n) is 6.43. The zero-order valence-electron chi connectivity index (χ0n) is 23.8. The van der Waals surface area contributed by atoms with Crippen LogP contribution in [0.25, 0.3) is 0 Å². The molecule has 5 atom stereocenters. The molecule has 3 fully saturated rings. The molecule has 38 heavy (non-hydrogen) atoms. The van der Waals surface area contributed by atoms with Gasteiger partial charge in [0.05, 0.1) is 25.4 Å². The molecule has 0 aromatic heterocycles. The van der Waals surface area contributed by atoms with Crippen molar-refractivity contribution in [2.24, 2.45) is 11.8 Å². The van der Waals surface area contributed by atoms with Gasteiger partial charge in [0, 0.05) is 32.3 Å². The van der Waals surface area contributed by atoms with E-state index in [4.69, 9.17) is 24.1 Å². The number of hydrogen-bond donors (Lipinski definition) is 2. The lowest BCUT2D eigenvalue weighted by Crippen LogP contribution is -2.35. The molecule has 0 bridgehead atoms. The summed E-state index contributed by atoms with van der Waals surface area (Å²) in [4.78, 5) is 10.7. The Morgan fingerprint density at radius 3 is 2.47 bits per heavy atom. The highest BCUT2D eigenvalue weighted by Gasteiger charge is 2.45. The number of rotatable bonds is 19. The van der Waals surface area contributed by atoms with E-state index in [1.807, 2.05) is 0 Å². The van der Waals surface area contributed by atoms with Crippen LogP contribution in [-0.2, 0) is 23.7 Å². The van der Waals surface area contributed by atoms with E-state index in [2.05, 4.69) is 19.1 Å². The molecule has 1 aliphatic carbocycles. The van der Waals surface area contributed by atoms with Crippen molar-refractivity contribution in [2.75, 3.05) is 19.8 Å². The summed E-state index contributed by atoms with van der Waals surface area (Å²) in [5, 5.41) is 19.9. The van der Waals surface area contributed by atoms with Gasteiger partial charge in [-0.1, -0.05) is 51.2 Å². The molecule has 0 radical (unpaired) electrons. The maximum Gasteiger partial charge on any atom is 0.303 e. The van der Waals surface area contributed by atoms with Crippen molar-refractivity contribution in [1.29, 1.82) is 0 Å². The molecule has 1 unspecified atom stereocenters. The second kappa shape index (κ2) is 17.6. The maximum atomic E-state index is 11.1. The number of aliphatic carboxylic acids is 1. The first-order valence-electron chi connectivity index (χ1n) is 15.6. The summed E-state index contributed by atoms with van der Waals surface area (Å²) in [5.74, 6) is -0.818. The fraction of sp³-hybridized carbons (Fsp3) is 0.903. The van der Waals surface area contributed by atoms with Crippen LogP contribution in [0.5, 0.6) is 0 Å². The number of carboxylic acid groups (broad SMARTS) is 1. The number of ether oxygens (including phenoxy) is 4. The van der Waals surface area contributed by atoms with Crippen molar-refractivity contribution >= 4 is 5.97 Å². The second-order valence-corrected chi connectivity index (χ2v) is 11.6. The smallest absolute Gasteiger partial charge is 0.303 e. The molecule has 3 rings (SSSR count). The first-order valence-corrected chi connectivity index (χ1v) is 15.6. The standard InChI is InChI=1S/C31H54O7/c1-2-3-4-9-13-19-31(36-22-23-37-31)20-18-26-25(15-10-7-5-6-8-11-16-29(33)34)27(32)24-28(26)38-30-17-12-14-21-35-30/h7,10,25-28,30,32H,2-6,8-9,11-24H2,1H3,(H,33,34)/b10-7-/t25-,26-,27+,28-,30?/m1/s1. The zero-order chi connectivity index (χ0) is 27.1. The van der Waals surface area contributed by atoms with Crippen LogP contribution in [0, 0.1) is 11.8 Å². The number of carboxylic acids is 1. The van der Waals surface area contributed by atoms with Gasteiger partial charge in [-0.15, -0.1) is 0 Å². The monoisotopic (exact) mass is 538 g/mol. The lowest BCUT2D eigenvalue weighted by Gasteiger charge is -2.33. The van der Waals surface area contributed by atoms with Crippen LogP contribution in [0.4, 0.5) is 0 Å². The van der Waals surface area contributed by atoms with Crippen molar-refractivity contribution in [3.8, 4) is 0 Å². The highest BCUT2D eigenvalue weighted by Crippen LogP contribution is 2.43. The second-order valence-electron chi connectivity index (χ2n) is 11.6. The molecular formula is C31H54O7. The predicted octanol–water partition coefficient (Wildman–Crippen LogP) is 6.76. The third kappa shape index (κ3) is 10.9. The van der Waals surface area contributed by atoms with Crippen molar-refractivity contribution in [3.63, 3.8) is 0 Å². The molecule has 0 amide bonds. The van der Waals surface area contributed by atoms with Gasteiger partial charge in [0.2, 0.25) is 0 Å². The molecule has 2 aliphatic heterocycles. The first kappa shape index (κ1) is 31.5. The van der Waals surface area contributed by atoms with Crippen LogP contribution in [-0.4, -0.2) is 60.3 Å². The number of unbranched alkanes of at least 4 members (excludes halogenated alkanes) is 7. The van der Waals surface area contributed by atoms with Gasteiger partial charge in [-0.3, -0.25) is 4.79 Å². The van der Waals surface area contributed by atoms with Crippen LogP contribution in [0.1, 0.15) is 122 Å². The first-order chi connectivity index (χ1) is 18.5. The summed E-state index contributed by atoms with van der Waals surface area (Å²) in [6.07, 6.45) is 21.2. The van der Waals surface area contributed by atoms with Gasteiger partial charge in [0.15, 0.2) is 12.1 Å². The molecule has 2 N–H and O–H groups in total. The molecule has 7 nitrogen and oxygen atoms in total. The van der Waals surface area contributed by atoms with Crippen molar-refractivity contribution in [3.05, 3.63) is 12.2 Å². The highest BCUT2D eigenvalue weighted by atomic mass is 16.7. The average Bonchev–Trinajstić information content (AvgIpc) is 3.49. The van der Waals surface area contributed by atoms with Crippen LogP contribution in [0.15, 0.2) is 12.2 Å². The normalized spacial score (nSPS) is 29.4. The Bertz CT molecular complexity index is 669. The molecular weight excluding hydrogens is 484 g/mol. The molecule has 220 valence electrons. The van der Waals surface area contributed by atoms with Crippen LogP contribution in [0.3, 0.4) is 0 Å². The van der Waals surface area contributed by atoms with Gasteiger partial charge in [0.25, 0.3) is 0 Å². The minimum atomic E-state index is -0.719. The average molecular weight is 539 g/mol. The minimum absolute atomic E-state index is 0.00877. The van der Waals surface area contributed by atoms with E-state index in [9.17, 15) is 9.90 Å². The van der Waals surface area contributed by atoms with E-state index >= 15 is 0 Å². The van der Waals surface area contributed by atoms with Gasteiger partial charge >= 0.3 is 5.97 Å². The Hall–Kier alpha value is -0.990. The fourth-order valence-corrected chi connectivity index (χ4v) is 6.43. The molecule has 0 aromatic carbocycles. The van der Waals surface area contributed by atoms with Gasteiger partial charge in [0.1, 0.15) is 0 Å². The number of carbonyl (C=O) groups is 1. The van der Waals surface area contributed by atoms with Crippen molar-refractivity contribution < 1.29 is 34.0 Å². The van der Waals surface area contributed by atoms with Crippen molar-refractivity contribution in [1.82, 2.24) is 0 Å². The summed E-state index contributed by atoms with van der Waals surface area (Å²) < 4.78 is 24.8. The number of allylic oxidation sites excluding steroid dienone is 2. The number of hydrogen-bond acceptors (Lipinski definition) is 6. The van der Waals surface area contributed by atoms with Gasteiger partial charge in [-0.05, 0) is 69.6 Å².